The van der Waals surface area contributed by atoms with Gasteiger partial charge in [-0.2, -0.15) is 0 Å². The molecule has 1 heterocycles. The highest BCUT2D eigenvalue weighted by molar-refractivity contribution is 7.91. The molecule has 6 heteroatoms. The molecule has 1 aliphatic heterocycles. The monoisotopic (exact) mass is 349 g/mol. The average molecular weight is 350 g/mol. The topological polar surface area (TPSA) is 55.4 Å². The van der Waals surface area contributed by atoms with Crippen molar-refractivity contribution in [2.75, 3.05) is 18.1 Å². The first-order chi connectivity index (χ1) is 10.5. The predicted molar refractivity (Wildman–Crippen MR) is 96.0 cm³/mol. The molecule has 4 nitrogen and oxygen atoms in total. The Hall–Kier alpha value is -0.360. The van der Waals surface area contributed by atoms with Crippen LogP contribution in [0.4, 0.5) is 0 Å². The van der Waals surface area contributed by atoms with Crippen molar-refractivity contribution in [3.63, 3.8) is 0 Å². The molecule has 0 aromatic carbocycles. The van der Waals surface area contributed by atoms with Crippen LogP contribution in [0.5, 0.6) is 0 Å². The first-order valence-corrected chi connectivity index (χ1v) is 10.9. The molecule has 1 rings (SSSR count). The molecule has 1 atom stereocenters. The Labute approximate surface area is 141 Å². The number of rotatable bonds is 11. The van der Waals surface area contributed by atoms with Crippen molar-refractivity contribution in [1.82, 2.24) is 5.32 Å². The minimum Gasteiger partial charge on any atom is -0.471 e. The fourth-order valence-electron chi connectivity index (χ4n) is 2.69. The van der Waals surface area contributed by atoms with E-state index in [-0.39, 0.29) is 17.5 Å². The zero-order valence-electron chi connectivity index (χ0n) is 13.8. The summed E-state index contributed by atoms with van der Waals surface area (Å²) in [6, 6.07) is -0.0689. The number of nitrogens with one attached hydrogen (secondary N) is 1. The number of thiocarbonyl (C=S) groups is 1. The van der Waals surface area contributed by atoms with E-state index in [0.29, 0.717) is 18.2 Å². The van der Waals surface area contributed by atoms with E-state index < -0.39 is 9.84 Å². The second-order valence-corrected chi connectivity index (χ2v) is 8.81. The van der Waals surface area contributed by atoms with Gasteiger partial charge in [-0.25, -0.2) is 8.42 Å². The van der Waals surface area contributed by atoms with Crippen LogP contribution in [-0.4, -0.2) is 37.7 Å². The summed E-state index contributed by atoms with van der Waals surface area (Å²) in [6.45, 7) is 2.87. The van der Waals surface area contributed by atoms with Crippen LogP contribution >= 0.6 is 12.2 Å². The summed E-state index contributed by atoms with van der Waals surface area (Å²) in [5.41, 5.74) is 0. The van der Waals surface area contributed by atoms with Gasteiger partial charge in [-0.1, -0.05) is 58.3 Å². The Morgan fingerprint density at radius 3 is 2.23 bits per heavy atom. The molecule has 1 N–H and O–H groups in total. The second-order valence-electron chi connectivity index (χ2n) is 6.21. The van der Waals surface area contributed by atoms with Crippen molar-refractivity contribution >= 4 is 27.2 Å². The number of ether oxygens (including phenoxy) is 1. The zero-order valence-corrected chi connectivity index (χ0v) is 15.4. The van der Waals surface area contributed by atoms with Gasteiger partial charge in [-0.3, -0.25) is 0 Å². The number of sulfone groups is 1. The minimum absolute atomic E-state index is 0.0689. The molecule has 0 aliphatic carbocycles. The lowest BCUT2D eigenvalue weighted by molar-refractivity contribution is 0.283. The summed E-state index contributed by atoms with van der Waals surface area (Å²) in [4.78, 5) is 0. The molecule has 130 valence electrons. The van der Waals surface area contributed by atoms with Crippen LogP contribution < -0.4 is 5.32 Å². The third kappa shape index (κ3) is 9.62. The van der Waals surface area contributed by atoms with Gasteiger partial charge in [-0.05, 0) is 25.1 Å². The van der Waals surface area contributed by atoms with Gasteiger partial charge in [0, 0.05) is 6.04 Å². The maximum absolute atomic E-state index is 11.3. The third-order valence-corrected chi connectivity index (χ3v) is 6.04. The quantitative estimate of drug-likeness (QED) is 0.456. The van der Waals surface area contributed by atoms with Crippen molar-refractivity contribution in [3.8, 4) is 0 Å². The van der Waals surface area contributed by atoms with Gasteiger partial charge in [0.25, 0.3) is 5.17 Å². The average Bonchev–Trinajstić information content (AvgIpc) is 2.80. The lowest BCUT2D eigenvalue weighted by Crippen LogP contribution is -2.35. The summed E-state index contributed by atoms with van der Waals surface area (Å²) in [5.74, 6) is 0.431. The standard InChI is InChI=1S/C16H31NO3S2/c1-2-3-4-5-6-7-8-9-10-12-20-16(21)17-15-11-13-22(18,19)14-15/h15H,2-14H2,1H3,(H,17,21). The van der Waals surface area contributed by atoms with Crippen molar-refractivity contribution < 1.29 is 13.2 Å². The van der Waals surface area contributed by atoms with E-state index in [1.54, 1.807) is 0 Å². The van der Waals surface area contributed by atoms with E-state index in [2.05, 4.69) is 12.2 Å². The van der Waals surface area contributed by atoms with E-state index in [1.807, 2.05) is 0 Å². The van der Waals surface area contributed by atoms with E-state index in [4.69, 9.17) is 17.0 Å². The molecule has 0 bridgehead atoms. The smallest absolute Gasteiger partial charge is 0.256 e. The normalized spacial score (nSPS) is 20.0. The molecular formula is C16H31NO3S2. The number of hydrogen-bond donors (Lipinski definition) is 1. The van der Waals surface area contributed by atoms with Gasteiger partial charge in [0.2, 0.25) is 0 Å². The number of hydrogen-bond acceptors (Lipinski definition) is 4. The summed E-state index contributed by atoms with van der Waals surface area (Å²) >= 11 is 5.10. The Morgan fingerprint density at radius 1 is 1.09 bits per heavy atom. The van der Waals surface area contributed by atoms with Crippen LogP contribution in [0.25, 0.3) is 0 Å². The van der Waals surface area contributed by atoms with Crippen molar-refractivity contribution in [3.05, 3.63) is 0 Å². The second kappa shape index (κ2) is 11.2. The Balaban J connectivity index is 1.89. The van der Waals surface area contributed by atoms with E-state index in [9.17, 15) is 8.42 Å². The molecule has 1 saturated heterocycles. The molecule has 0 radical (unpaired) electrons. The molecule has 1 aliphatic rings. The first kappa shape index (κ1) is 19.7. The summed E-state index contributed by atoms with van der Waals surface area (Å²) in [6.07, 6.45) is 12.1. The molecule has 0 saturated carbocycles. The molecule has 22 heavy (non-hydrogen) atoms. The van der Waals surface area contributed by atoms with E-state index >= 15 is 0 Å². The first-order valence-electron chi connectivity index (χ1n) is 8.67. The molecule has 0 spiro atoms. The molecule has 0 amide bonds. The molecule has 1 fully saturated rings. The highest BCUT2D eigenvalue weighted by Crippen LogP contribution is 2.12. The summed E-state index contributed by atoms with van der Waals surface area (Å²) in [5, 5.41) is 3.34. The van der Waals surface area contributed by atoms with Gasteiger partial charge in [0.15, 0.2) is 9.84 Å². The highest BCUT2D eigenvalue weighted by atomic mass is 32.2. The minimum atomic E-state index is -2.86. The molecule has 1 unspecified atom stereocenters. The molecule has 0 aromatic rings. The fraction of sp³-hybridized carbons (Fsp3) is 0.938. The van der Waals surface area contributed by atoms with E-state index in [0.717, 1.165) is 6.42 Å². The maximum atomic E-state index is 11.3. The van der Waals surface area contributed by atoms with Crippen LogP contribution in [0.1, 0.15) is 71.1 Å². The SMILES string of the molecule is CCCCCCCCCCCOC(=S)NC1CCS(=O)(=O)C1. The van der Waals surface area contributed by atoms with Gasteiger partial charge in [0.05, 0.1) is 18.1 Å². The van der Waals surface area contributed by atoms with Crippen LogP contribution in [-0.2, 0) is 14.6 Å². The molecule has 0 aromatic heterocycles. The van der Waals surface area contributed by atoms with Gasteiger partial charge >= 0.3 is 0 Å². The maximum Gasteiger partial charge on any atom is 0.256 e. The third-order valence-electron chi connectivity index (χ3n) is 4.04. The largest absolute Gasteiger partial charge is 0.471 e. The predicted octanol–water partition coefficient (Wildman–Crippen LogP) is 3.60. The Bertz CT molecular complexity index is 410. The van der Waals surface area contributed by atoms with Crippen LogP contribution in [0.15, 0.2) is 0 Å². The van der Waals surface area contributed by atoms with Crippen LogP contribution in [0, 0.1) is 0 Å². The Kier molecular flexibility index (Phi) is 10.0. The van der Waals surface area contributed by atoms with Gasteiger partial charge < -0.3 is 10.1 Å². The van der Waals surface area contributed by atoms with Crippen LogP contribution in [0.3, 0.4) is 0 Å². The zero-order chi connectivity index (χ0) is 16.3. The number of unbranched alkanes of at least 4 members (excludes halogenated alkanes) is 8. The lowest BCUT2D eigenvalue weighted by Gasteiger charge is -2.13. The fourth-order valence-corrected chi connectivity index (χ4v) is 4.62. The van der Waals surface area contributed by atoms with Crippen LogP contribution in [0.2, 0.25) is 0 Å². The van der Waals surface area contributed by atoms with Crippen molar-refractivity contribution in [2.45, 2.75) is 77.2 Å². The van der Waals surface area contributed by atoms with Gasteiger partial charge in [0.1, 0.15) is 0 Å². The molecular weight excluding hydrogens is 318 g/mol. The van der Waals surface area contributed by atoms with Crippen molar-refractivity contribution in [1.29, 1.82) is 0 Å². The highest BCUT2D eigenvalue weighted by Gasteiger charge is 2.28. The van der Waals surface area contributed by atoms with Crippen molar-refractivity contribution in [2.24, 2.45) is 0 Å². The summed E-state index contributed by atoms with van der Waals surface area (Å²) in [7, 11) is -2.86. The summed E-state index contributed by atoms with van der Waals surface area (Å²) < 4.78 is 28.1. The van der Waals surface area contributed by atoms with E-state index in [1.165, 1.54) is 51.4 Å². The Morgan fingerprint density at radius 2 is 1.68 bits per heavy atom. The van der Waals surface area contributed by atoms with Gasteiger partial charge in [-0.15, -0.1) is 0 Å². The lowest BCUT2D eigenvalue weighted by atomic mass is 10.1.